The highest BCUT2D eigenvalue weighted by Gasteiger charge is 2.27. The lowest BCUT2D eigenvalue weighted by atomic mass is 9.71. The summed E-state index contributed by atoms with van der Waals surface area (Å²) >= 11 is 0. The van der Waals surface area contributed by atoms with Crippen LogP contribution < -0.4 is 0 Å². The predicted octanol–water partition coefficient (Wildman–Crippen LogP) is 8.05. The van der Waals surface area contributed by atoms with Gasteiger partial charge in [-0.15, -0.1) is 0 Å². The first-order valence-electron chi connectivity index (χ1n) is 11.4. The van der Waals surface area contributed by atoms with Crippen LogP contribution in [0.15, 0.2) is 0 Å². The Morgan fingerprint density at radius 1 is 0.458 bits per heavy atom. The van der Waals surface area contributed by atoms with E-state index in [2.05, 4.69) is 20.8 Å². The van der Waals surface area contributed by atoms with Gasteiger partial charge in [0.1, 0.15) is 0 Å². The molecule has 0 heterocycles. The van der Waals surface area contributed by atoms with Crippen molar-refractivity contribution in [2.24, 2.45) is 5.41 Å². The van der Waals surface area contributed by atoms with Gasteiger partial charge in [0.05, 0.1) is 0 Å². The fourth-order valence-corrected chi connectivity index (χ4v) is 4.30. The number of unbranched alkanes of at least 4 members (excludes halogenated alkanes) is 10. The first kappa shape index (κ1) is 24.0. The maximum atomic E-state index is 9.34. The van der Waals surface area contributed by atoms with Crippen LogP contribution in [0.25, 0.3) is 0 Å². The molecule has 0 rings (SSSR count). The van der Waals surface area contributed by atoms with Crippen LogP contribution in [0.2, 0.25) is 0 Å². The minimum absolute atomic E-state index is 0.373. The molecular weight excluding hydrogens is 292 g/mol. The fourth-order valence-electron chi connectivity index (χ4n) is 4.30. The standard InChI is InChI=1S/C23H48O/c1-4-7-9-11-13-15-19-23(18-6-3,21-17-22-24)20-16-14-12-10-8-5-2/h24H,4-22H2,1-3H3. The van der Waals surface area contributed by atoms with Gasteiger partial charge in [0.25, 0.3) is 0 Å². The van der Waals surface area contributed by atoms with Crippen LogP contribution in [0.4, 0.5) is 0 Å². The minimum Gasteiger partial charge on any atom is -0.396 e. The molecule has 0 aliphatic carbocycles. The molecular formula is C23H48O. The van der Waals surface area contributed by atoms with Gasteiger partial charge in [-0.05, 0) is 37.5 Å². The Kier molecular flexibility index (Phi) is 17.7. The zero-order valence-electron chi connectivity index (χ0n) is 17.4. The molecule has 0 saturated heterocycles. The third kappa shape index (κ3) is 13.3. The molecule has 1 N–H and O–H groups in total. The van der Waals surface area contributed by atoms with Crippen LogP contribution in [0, 0.1) is 5.41 Å². The second kappa shape index (κ2) is 17.8. The van der Waals surface area contributed by atoms with Crippen LogP contribution in [0.5, 0.6) is 0 Å². The molecule has 0 bridgehead atoms. The first-order valence-corrected chi connectivity index (χ1v) is 11.4. The number of aliphatic hydroxyl groups excluding tert-OH is 1. The van der Waals surface area contributed by atoms with Crippen LogP contribution >= 0.6 is 0 Å². The zero-order valence-corrected chi connectivity index (χ0v) is 17.4. The van der Waals surface area contributed by atoms with Gasteiger partial charge >= 0.3 is 0 Å². The molecule has 0 amide bonds. The Morgan fingerprint density at radius 2 is 0.875 bits per heavy atom. The van der Waals surface area contributed by atoms with Crippen molar-refractivity contribution >= 4 is 0 Å². The van der Waals surface area contributed by atoms with Gasteiger partial charge in [-0.25, -0.2) is 0 Å². The smallest absolute Gasteiger partial charge is 0.0431 e. The average molecular weight is 341 g/mol. The molecule has 0 aromatic carbocycles. The summed E-state index contributed by atoms with van der Waals surface area (Å²) in [6.07, 6.45) is 24.6. The summed E-state index contributed by atoms with van der Waals surface area (Å²) in [6.45, 7) is 7.30. The maximum Gasteiger partial charge on any atom is 0.0431 e. The summed E-state index contributed by atoms with van der Waals surface area (Å²) in [5.74, 6) is 0. The Balaban J connectivity index is 4.23. The summed E-state index contributed by atoms with van der Waals surface area (Å²) in [7, 11) is 0. The Hall–Kier alpha value is -0.0400. The summed E-state index contributed by atoms with van der Waals surface area (Å²) in [5.41, 5.74) is 0.535. The van der Waals surface area contributed by atoms with Crippen LogP contribution in [-0.4, -0.2) is 11.7 Å². The average Bonchev–Trinajstić information content (AvgIpc) is 2.59. The lowest BCUT2D eigenvalue weighted by Gasteiger charge is -2.34. The van der Waals surface area contributed by atoms with E-state index < -0.39 is 0 Å². The highest BCUT2D eigenvalue weighted by Crippen LogP contribution is 2.40. The van der Waals surface area contributed by atoms with Crippen molar-refractivity contribution in [2.75, 3.05) is 6.61 Å². The Bertz CT molecular complexity index is 220. The third-order valence-corrected chi connectivity index (χ3v) is 5.77. The van der Waals surface area contributed by atoms with Crippen molar-refractivity contribution in [3.63, 3.8) is 0 Å². The lowest BCUT2D eigenvalue weighted by molar-refractivity contribution is 0.159. The van der Waals surface area contributed by atoms with Crippen LogP contribution in [0.3, 0.4) is 0 Å². The molecule has 1 nitrogen and oxygen atoms in total. The molecule has 0 unspecified atom stereocenters. The molecule has 0 saturated carbocycles. The molecule has 146 valence electrons. The summed E-state index contributed by atoms with van der Waals surface area (Å²) in [4.78, 5) is 0. The molecule has 0 aromatic rings. The van der Waals surface area contributed by atoms with E-state index in [1.165, 1.54) is 109 Å². The van der Waals surface area contributed by atoms with Gasteiger partial charge in [0.2, 0.25) is 0 Å². The van der Waals surface area contributed by atoms with Crippen molar-refractivity contribution in [2.45, 2.75) is 136 Å². The number of hydrogen-bond donors (Lipinski definition) is 1. The third-order valence-electron chi connectivity index (χ3n) is 5.77. The van der Waals surface area contributed by atoms with Gasteiger partial charge in [0, 0.05) is 6.61 Å². The molecule has 0 aromatic heterocycles. The number of hydrogen-bond acceptors (Lipinski definition) is 1. The van der Waals surface area contributed by atoms with Crippen molar-refractivity contribution in [3.8, 4) is 0 Å². The van der Waals surface area contributed by atoms with Gasteiger partial charge in [-0.1, -0.05) is 104 Å². The van der Waals surface area contributed by atoms with E-state index in [4.69, 9.17) is 0 Å². The van der Waals surface area contributed by atoms with Crippen molar-refractivity contribution in [3.05, 3.63) is 0 Å². The highest BCUT2D eigenvalue weighted by molar-refractivity contribution is 4.79. The quantitative estimate of drug-likeness (QED) is 0.236. The second-order valence-electron chi connectivity index (χ2n) is 8.11. The summed E-state index contributed by atoms with van der Waals surface area (Å²) in [5, 5.41) is 9.34. The molecule has 24 heavy (non-hydrogen) atoms. The Labute approximate surface area is 154 Å². The number of aliphatic hydroxyl groups is 1. The molecule has 0 spiro atoms. The minimum atomic E-state index is 0.373. The summed E-state index contributed by atoms with van der Waals surface area (Å²) < 4.78 is 0. The van der Waals surface area contributed by atoms with Crippen molar-refractivity contribution in [1.29, 1.82) is 0 Å². The second-order valence-corrected chi connectivity index (χ2v) is 8.11. The first-order chi connectivity index (χ1) is 11.7. The van der Waals surface area contributed by atoms with Crippen molar-refractivity contribution < 1.29 is 5.11 Å². The van der Waals surface area contributed by atoms with E-state index in [-0.39, 0.29) is 0 Å². The molecule has 0 atom stereocenters. The number of rotatable bonds is 19. The van der Waals surface area contributed by atoms with Gasteiger partial charge in [-0.2, -0.15) is 0 Å². The maximum absolute atomic E-state index is 9.34. The highest BCUT2D eigenvalue weighted by atomic mass is 16.2. The predicted molar refractivity (Wildman–Crippen MR) is 110 cm³/mol. The molecule has 0 radical (unpaired) electrons. The molecule has 0 aliphatic rings. The zero-order chi connectivity index (χ0) is 17.9. The van der Waals surface area contributed by atoms with Gasteiger partial charge < -0.3 is 5.11 Å². The topological polar surface area (TPSA) is 20.2 Å². The van der Waals surface area contributed by atoms with E-state index in [1.807, 2.05) is 0 Å². The SMILES string of the molecule is CCCCCCCCC(CCC)(CCCO)CCCCCCCC. The molecule has 1 heteroatoms. The molecule has 0 fully saturated rings. The lowest BCUT2D eigenvalue weighted by Crippen LogP contribution is -2.21. The van der Waals surface area contributed by atoms with Gasteiger partial charge in [-0.3, -0.25) is 0 Å². The Morgan fingerprint density at radius 3 is 1.29 bits per heavy atom. The summed E-state index contributed by atoms with van der Waals surface area (Å²) in [6, 6.07) is 0. The largest absolute Gasteiger partial charge is 0.396 e. The van der Waals surface area contributed by atoms with Crippen molar-refractivity contribution in [1.82, 2.24) is 0 Å². The van der Waals surface area contributed by atoms with Crippen LogP contribution in [-0.2, 0) is 0 Å². The van der Waals surface area contributed by atoms with Crippen LogP contribution in [0.1, 0.15) is 136 Å². The van der Waals surface area contributed by atoms with E-state index in [0.717, 1.165) is 6.42 Å². The normalized spacial score (nSPS) is 12.0. The molecule has 0 aliphatic heterocycles. The van der Waals surface area contributed by atoms with Gasteiger partial charge in [0.15, 0.2) is 0 Å². The van der Waals surface area contributed by atoms with E-state index >= 15 is 0 Å². The monoisotopic (exact) mass is 340 g/mol. The van der Waals surface area contributed by atoms with E-state index in [9.17, 15) is 5.11 Å². The fraction of sp³-hybridized carbons (Fsp3) is 1.00. The van der Waals surface area contributed by atoms with E-state index in [1.54, 1.807) is 0 Å². The van der Waals surface area contributed by atoms with E-state index in [0.29, 0.717) is 12.0 Å².